The minimum atomic E-state index is -0.0800. The Morgan fingerprint density at radius 3 is 2.00 bits per heavy atom. The topological polar surface area (TPSA) is 26.3 Å². The lowest BCUT2D eigenvalue weighted by atomic mass is 9.54. The summed E-state index contributed by atoms with van der Waals surface area (Å²) in [5.74, 6) is 2.62. The van der Waals surface area contributed by atoms with Gasteiger partial charge in [-0.2, -0.15) is 0 Å². The second-order valence-electron chi connectivity index (χ2n) is 9.61. The quantitative estimate of drug-likeness (QED) is 0.440. The molecule has 0 N–H and O–H groups in total. The van der Waals surface area contributed by atoms with Gasteiger partial charge in [0, 0.05) is 0 Å². The van der Waals surface area contributed by atoms with Crippen molar-refractivity contribution >= 4 is 5.97 Å². The van der Waals surface area contributed by atoms with Crippen LogP contribution in [0, 0.1) is 23.7 Å². The molecular formula is C23H36O2. The molecule has 0 aromatic heterocycles. The summed E-state index contributed by atoms with van der Waals surface area (Å²) in [4.78, 5) is 13.0. The maximum Gasteiger partial charge on any atom is 0.313 e. The minimum Gasteiger partial charge on any atom is -0.459 e. The van der Waals surface area contributed by atoms with Crippen LogP contribution in [0.2, 0.25) is 0 Å². The van der Waals surface area contributed by atoms with Crippen molar-refractivity contribution in [3.63, 3.8) is 0 Å². The predicted molar refractivity (Wildman–Crippen MR) is 101 cm³/mol. The van der Waals surface area contributed by atoms with E-state index in [0.717, 1.165) is 49.9 Å². The Balaban J connectivity index is 1.39. The Morgan fingerprint density at radius 2 is 1.36 bits per heavy atom. The molecule has 4 saturated carbocycles. The Labute approximate surface area is 153 Å². The lowest BCUT2D eigenvalue weighted by molar-refractivity contribution is -0.189. The highest BCUT2D eigenvalue weighted by Crippen LogP contribution is 2.57. The molecular weight excluding hydrogens is 308 g/mol. The van der Waals surface area contributed by atoms with Gasteiger partial charge in [0.1, 0.15) is 5.60 Å². The number of carbonyl (C=O) groups excluding carboxylic acids is 1. The van der Waals surface area contributed by atoms with Crippen molar-refractivity contribution in [1.29, 1.82) is 0 Å². The van der Waals surface area contributed by atoms with Crippen molar-refractivity contribution in [2.24, 2.45) is 23.7 Å². The summed E-state index contributed by atoms with van der Waals surface area (Å²) < 4.78 is 6.32. The van der Waals surface area contributed by atoms with Gasteiger partial charge in [-0.15, -0.1) is 0 Å². The Kier molecular flexibility index (Phi) is 5.53. The smallest absolute Gasteiger partial charge is 0.313 e. The first-order chi connectivity index (χ1) is 12.2. The fourth-order valence-corrected chi connectivity index (χ4v) is 6.51. The third-order valence-corrected chi connectivity index (χ3v) is 7.36. The first-order valence-corrected chi connectivity index (χ1v) is 11.1. The first-order valence-electron chi connectivity index (χ1n) is 11.1. The molecule has 0 aliphatic heterocycles. The van der Waals surface area contributed by atoms with E-state index in [4.69, 9.17) is 4.74 Å². The number of hydrogen-bond acceptors (Lipinski definition) is 2. The molecule has 5 aliphatic rings. The van der Waals surface area contributed by atoms with Crippen LogP contribution in [-0.2, 0) is 9.53 Å². The number of hydrogen-bond donors (Lipinski definition) is 0. The molecule has 1 atom stereocenters. The summed E-state index contributed by atoms with van der Waals surface area (Å²) in [7, 11) is 0. The van der Waals surface area contributed by atoms with Gasteiger partial charge >= 0.3 is 5.97 Å². The largest absolute Gasteiger partial charge is 0.459 e. The molecule has 1 unspecified atom stereocenters. The summed E-state index contributed by atoms with van der Waals surface area (Å²) in [6.45, 7) is 0. The van der Waals surface area contributed by atoms with E-state index in [2.05, 4.69) is 12.2 Å². The van der Waals surface area contributed by atoms with Gasteiger partial charge in [-0.25, -0.2) is 0 Å². The lowest BCUT2D eigenvalue weighted by Crippen LogP contribution is -2.53. The van der Waals surface area contributed by atoms with Crippen molar-refractivity contribution in [3.8, 4) is 0 Å². The van der Waals surface area contributed by atoms with Crippen LogP contribution >= 0.6 is 0 Å². The molecule has 4 fully saturated rings. The van der Waals surface area contributed by atoms with Crippen molar-refractivity contribution in [3.05, 3.63) is 12.2 Å². The van der Waals surface area contributed by atoms with Crippen LogP contribution in [0.5, 0.6) is 0 Å². The van der Waals surface area contributed by atoms with E-state index in [0.29, 0.717) is 0 Å². The number of rotatable bonds is 2. The molecule has 2 nitrogen and oxygen atoms in total. The van der Waals surface area contributed by atoms with Gasteiger partial charge in [0.15, 0.2) is 0 Å². The molecule has 0 aromatic carbocycles. The SMILES string of the molecule is O=C(OC12CC3CC(CC(C3)C1)C2)C1/C=C/CCCCCCCCC1. The monoisotopic (exact) mass is 344 g/mol. The van der Waals surface area contributed by atoms with Gasteiger partial charge in [-0.05, 0) is 75.5 Å². The molecule has 0 saturated heterocycles. The summed E-state index contributed by atoms with van der Waals surface area (Å²) >= 11 is 0. The third-order valence-electron chi connectivity index (χ3n) is 7.36. The van der Waals surface area contributed by atoms with Gasteiger partial charge < -0.3 is 4.74 Å². The average Bonchev–Trinajstić information content (AvgIpc) is 2.53. The molecule has 2 heteroatoms. The number of esters is 1. The van der Waals surface area contributed by atoms with Crippen LogP contribution in [0.4, 0.5) is 0 Å². The zero-order valence-corrected chi connectivity index (χ0v) is 15.9. The van der Waals surface area contributed by atoms with E-state index in [-0.39, 0.29) is 17.5 Å². The van der Waals surface area contributed by atoms with Crippen molar-refractivity contribution < 1.29 is 9.53 Å². The van der Waals surface area contributed by atoms with E-state index >= 15 is 0 Å². The fraction of sp³-hybridized carbons (Fsp3) is 0.870. The molecule has 5 rings (SSSR count). The second-order valence-corrected chi connectivity index (χ2v) is 9.61. The molecule has 0 heterocycles. The van der Waals surface area contributed by atoms with Crippen LogP contribution in [0.1, 0.15) is 96.3 Å². The lowest BCUT2D eigenvalue weighted by Gasteiger charge is -2.55. The fourth-order valence-electron chi connectivity index (χ4n) is 6.51. The minimum absolute atomic E-state index is 0.00688. The Bertz CT molecular complexity index is 457. The van der Waals surface area contributed by atoms with E-state index in [9.17, 15) is 4.79 Å². The predicted octanol–water partition coefficient (Wildman–Crippen LogP) is 6.20. The maximum atomic E-state index is 13.0. The van der Waals surface area contributed by atoms with Crippen LogP contribution in [0.3, 0.4) is 0 Å². The number of ether oxygens (including phenoxy) is 1. The van der Waals surface area contributed by atoms with Crippen molar-refractivity contribution in [1.82, 2.24) is 0 Å². The first kappa shape index (κ1) is 17.6. The summed E-state index contributed by atoms with van der Waals surface area (Å²) in [6.07, 6.45) is 23.4. The van der Waals surface area contributed by atoms with Crippen molar-refractivity contribution in [2.75, 3.05) is 0 Å². The van der Waals surface area contributed by atoms with E-state index in [1.54, 1.807) is 0 Å². The Hall–Kier alpha value is -0.790. The summed E-state index contributed by atoms with van der Waals surface area (Å²) in [5.41, 5.74) is -0.0800. The molecule has 140 valence electrons. The highest BCUT2D eigenvalue weighted by molar-refractivity contribution is 5.75. The van der Waals surface area contributed by atoms with Crippen LogP contribution in [-0.4, -0.2) is 11.6 Å². The third kappa shape index (κ3) is 4.31. The molecule has 4 bridgehead atoms. The van der Waals surface area contributed by atoms with E-state index in [1.165, 1.54) is 64.2 Å². The molecule has 25 heavy (non-hydrogen) atoms. The number of allylic oxidation sites excluding steroid dienone is 1. The highest BCUT2D eigenvalue weighted by Gasteiger charge is 2.53. The molecule has 0 aromatic rings. The standard InChI is InChI=1S/C23H36O2/c24-22(21-10-8-6-4-2-1-3-5-7-9-11-21)25-23-15-18-12-19(16-23)14-20(13-18)17-23/h8,10,18-21H,1-7,9,11-17H2/b10-8+. The second kappa shape index (κ2) is 7.84. The molecule has 5 aliphatic carbocycles. The van der Waals surface area contributed by atoms with Crippen LogP contribution in [0.25, 0.3) is 0 Å². The van der Waals surface area contributed by atoms with Gasteiger partial charge in [0.25, 0.3) is 0 Å². The van der Waals surface area contributed by atoms with Gasteiger partial charge in [0.05, 0.1) is 5.92 Å². The molecule has 0 amide bonds. The van der Waals surface area contributed by atoms with Gasteiger partial charge in [0.2, 0.25) is 0 Å². The Morgan fingerprint density at radius 1 is 0.800 bits per heavy atom. The molecule has 0 spiro atoms. The maximum absolute atomic E-state index is 13.0. The molecule has 0 radical (unpaired) electrons. The summed E-state index contributed by atoms with van der Waals surface area (Å²) in [6, 6.07) is 0. The zero-order chi connectivity index (χ0) is 17.1. The van der Waals surface area contributed by atoms with Crippen LogP contribution in [0.15, 0.2) is 12.2 Å². The van der Waals surface area contributed by atoms with E-state index < -0.39 is 0 Å². The average molecular weight is 345 g/mol. The number of carbonyl (C=O) groups is 1. The van der Waals surface area contributed by atoms with Crippen LogP contribution < -0.4 is 0 Å². The van der Waals surface area contributed by atoms with Crippen molar-refractivity contribution in [2.45, 2.75) is 102 Å². The van der Waals surface area contributed by atoms with Gasteiger partial charge in [-0.1, -0.05) is 50.7 Å². The normalized spacial score (nSPS) is 43.0. The van der Waals surface area contributed by atoms with Gasteiger partial charge in [-0.3, -0.25) is 4.79 Å². The zero-order valence-electron chi connectivity index (χ0n) is 15.9. The summed E-state index contributed by atoms with van der Waals surface area (Å²) in [5, 5.41) is 0. The van der Waals surface area contributed by atoms with E-state index in [1.807, 2.05) is 0 Å². The highest BCUT2D eigenvalue weighted by atomic mass is 16.6.